The molecule has 0 spiro atoms. The first-order valence-corrected chi connectivity index (χ1v) is 3.00. The molecule has 54 valence electrons. The minimum Gasteiger partial charge on any atom is -0.463 e. The van der Waals surface area contributed by atoms with Crippen molar-refractivity contribution in [3.63, 3.8) is 0 Å². The Kier molecular flexibility index (Phi) is 1.96. The minimum atomic E-state index is -4.79. The predicted molar refractivity (Wildman–Crippen MR) is 25.6 cm³/mol. The lowest BCUT2D eigenvalue weighted by Crippen LogP contribution is -2.40. The van der Waals surface area contributed by atoms with Gasteiger partial charge in [-0.2, -0.15) is 8.42 Å². The van der Waals surface area contributed by atoms with E-state index in [0.717, 1.165) is 0 Å². The van der Waals surface area contributed by atoms with E-state index in [4.69, 9.17) is 9.66 Å². The molecule has 0 radical (unpaired) electrons. The van der Waals surface area contributed by atoms with Gasteiger partial charge in [0.1, 0.15) is 0 Å². The Morgan fingerprint density at radius 2 is 1.89 bits per heavy atom. The highest BCUT2D eigenvalue weighted by molar-refractivity contribution is 7.83. The number of rotatable bonds is 1. The van der Waals surface area contributed by atoms with Gasteiger partial charge in [-0.3, -0.25) is 4.55 Å². The first kappa shape index (κ1) is 8.14. The largest absolute Gasteiger partial charge is 0.463 e. The van der Waals surface area contributed by atoms with Gasteiger partial charge in [-0.25, -0.2) is 10.6 Å². The zero-order valence-electron chi connectivity index (χ0n) is 4.05. The summed E-state index contributed by atoms with van der Waals surface area (Å²) < 4.78 is 26.6. The van der Waals surface area contributed by atoms with Gasteiger partial charge in [-0.05, 0) is 0 Å². The molecule has 7 nitrogen and oxygen atoms in total. The second-order valence-electron chi connectivity index (χ2n) is 1.06. The van der Waals surface area contributed by atoms with Crippen LogP contribution in [0.5, 0.6) is 0 Å². The van der Waals surface area contributed by atoms with E-state index in [1.165, 1.54) is 0 Å². The van der Waals surface area contributed by atoms with Gasteiger partial charge >= 0.3 is 16.4 Å². The van der Waals surface area contributed by atoms with Crippen LogP contribution in [-0.4, -0.2) is 28.6 Å². The molecule has 8 heteroatoms. The fourth-order valence-corrected chi connectivity index (χ4v) is 0.296. The first-order valence-electron chi connectivity index (χ1n) is 1.61. The van der Waals surface area contributed by atoms with Crippen molar-refractivity contribution in [3.8, 4) is 0 Å². The van der Waals surface area contributed by atoms with E-state index in [-0.39, 0.29) is 0 Å². The first-order chi connectivity index (χ1) is 3.85. The molecular weight excluding hydrogens is 152 g/mol. The van der Waals surface area contributed by atoms with Crippen LogP contribution >= 0.6 is 0 Å². The van der Waals surface area contributed by atoms with Gasteiger partial charge in [-0.1, -0.05) is 0 Å². The molecule has 0 aromatic carbocycles. The van der Waals surface area contributed by atoms with Gasteiger partial charge in [0, 0.05) is 0 Å². The molecule has 0 heterocycles. The molecule has 9 heavy (non-hydrogen) atoms. The van der Waals surface area contributed by atoms with E-state index in [2.05, 4.69) is 5.84 Å². The topological polar surface area (TPSA) is 121 Å². The van der Waals surface area contributed by atoms with Crippen molar-refractivity contribution in [2.24, 2.45) is 5.84 Å². The lowest BCUT2D eigenvalue weighted by Gasteiger charge is -2.05. The standard InChI is InChI=1S/CH4N2O5S/c2-3(1(4)5)9(6,7)8/h2H2,(H,4,5)(H,6,7,8). The molecule has 0 saturated heterocycles. The van der Waals surface area contributed by atoms with E-state index in [1.807, 2.05) is 0 Å². The van der Waals surface area contributed by atoms with Crippen molar-refractivity contribution >= 4 is 16.4 Å². The predicted octanol–water partition coefficient (Wildman–Crippen LogP) is -1.36. The van der Waals surface area contributed by atoms with Crippen LogP contribution in [0.3, 0.4) is 0 Å². The lowest BCUT2D eigenvalue weighted by molar-refractivity contribution is 0.169. The van der Waals surface area contributed by atoms with Crippen molar-refractivity contribution in [2.45, 2.75) is 0 Å². The fourth-order valence-electron chi connectivity index (χ4n) is 0.0987. The van der Waals surface area contributed by atoms with E-state index in [9.17, 15) is 13.2 Å². The molecule has 0 aliphatic carbocycles. The van der Waals surface area contributed by atoms with Gasteiger partial charge in [0.15, 0.2) is 0 Å². The van der Waals surface area contributed by atoms with Gasteiger partial charge < -0.3 is 5.11 Å². The van der Waals surface area contributed by atoms with Crippen molar-refractivity contribution in [2.75, 3.05) is 0 Å². The van der Waals surface area contributed by atoms with E-state index >= 15 is 0 Å². The third-order valence-corrected chi connectivity index (χ3v) is 1.09. The number of hydrazine groups is 1. The molecule has 0 bridgehead atoms. The summed E-state index contributed by atoms with van der Waals surface area (Å²) in [6.07, 6.45) is -1.95. The Balaban J connectivity index is 4.43. The lowest BCUT2D eigenvalue weighted by atomic mass is 11.3. The molecule has 0 atom stereocenters. The SMILES string of the molecule is NN(C(=O)O)S(=O)(=O)O. The second kappa shape index (κ2) is 2.17. The van der Waals surface area contributed by atoms with Crippen LogP contribution in [0.25, 0.3) is 0 Å². The summed E-state index contributed by atoms with van der Waals surface area (Å²) >= 11 is 0. The van der Waals surface area contributed by atoms with Crippen LogP contribution in [0.15, 0.2) is 0 Å². The number of amides is 1. The fraction of sp³-hybridized carbons (Fsp3) is 0. The Bertz CT molecular complexity index is 205. The van der Waals surface area contributed by atoms with Crippen LogP contribution in [0, 0.1) is 0 Å². The molecule has 0 aliphatic heterocycles. The Labute approximate surface area is 50.5 Å². The minimum absolute atomic E-state index is 0.701. The van der Waals surface area contributed by atoms with Crippen molar-refractivity contribution in [1.29, 1.82) is 0 Å². The third-order valence-electron chi connectivity index (χ3n) is 0.437. The van der Waals surface area contributed by atoms with Gasteiger partial charge in [0.2, 0.25) is 0 Å². The number of carbonyl (C=O) groups is 1. The van der Waals surface area contributed by atoms with Crippen LogP contribution in [0.1, 0.15) is 0 Å². The second-order valence-corrected chi connectivity index (χ2v) is 2.35. The van der Waals surface area contributed by atoms with Crippen LogP contribution in [0.4, 0.5) is 4.79 Å². The molecule has 0 aliphatic rings. The highest BCUT2D eigenvalue weighted by Crippen LogP contribution is 1.86. The van der Waals surface area contributed by atoms with Crippen LogP contribution in [0.2, 0.25) is 0 Å². The van der Waals surface area contributed by atoms with Gasteiger partial charge in [0.05, 0.1) is 0 Å². The average Bonchev–Trinajstić information content (AvgIpc) is 1.62. The van der Waals surface area contributed by atoms with Crippen molar-refractivity contribution in [1.82, 2.24) is 4.41 Å². The number of hydrogen-bond donors (Lipinski definition) is 3. The van der Waals surface area contributed by atoms with E-state index in [1.54, 1.807) is 0 Å². The normalized spacial score (nSPS) is 10.9. The molecular formula is CH4N2O5S. The molecule has 4 N–H and O–H groups in total. The molecule has 0 aromatic heterocycles. The van der Waals surface area contributed by atoms with Crippen LogP contribution in [-0.2, 0) is 10.3 Å². The number of nitrogens with zero attached hydrogens (tertiary/aromatic N) is 1. The quantitative estimate of drug-likeness (QED) is 0.186. The van der Waals surface area contributed by atoms with Crippen LogP contribution < -0.4 is 5.84 Å². The zero-order chi connectivity index (χ0) is 7.65. The average molecular weight is 156 g/mol. The summed E-state index contributed by atoms with van der Waals surface area (Å²) in [6, 6.07) is 0. The summed E-state index contributed by atoms with van der Waals surface area (Å²) in [5.41, 5.74) is 0. The van der Waals surface area contributed by atoms with Gasteiger partial charge in [0.25, 0.3) is 0 Å². The van der Waals surface area contributed by atoms with E-state index < -0.39 is 20.8 Å². The molecule has 0 rings (SSSR count). The number of nitrogens with two attached hydrogens (primary N) is 1. The summed E-state index contributed by atoms with van der Waals surface area (Å²) in [5, 5.41) is 7.78. The van der Waals surface area contributed by atoms with Crippen molar-refractivity contribution in [3.05, 3.63) is 0 Å². The summed E-state index contributed by atoms with van der Waals surface area (Å²) in [4.78, 5) is 9.61. The highest BCUT2D eigenvalue weighted by atomic mass is 32.2. The van der Waals surface area contributed by atoms with Gasteiger partial charge in [-0.15, -0.1) is 4.41 Å². The zero-order valence-corrected chi connectivity index (χ0v) is 4.87. The smallest absolute Gasteiger partial charge is 0.437 e. The summed E-state index contributed by atoms with van der Waals surface area (Å²) in [6.45, 7) is 0. The maximum Gasteiger partial charge on any atom is 0.437 e. The number of carboxylic acid groups (broad SMARTS) is 1. The molecule has 0 aromatic rings. The molecule has 0 saturated carbocycles. The summed E-state index contributed by atoms with van der Waals surface area (Å²) in [5.74, 6) is 4.29. The molecule has 0 fully saturated rings. The molecule has 1 amide bonds. The Hall–Kier alpha value is -0.860. The Morgan fingerprint density at radius 1 is 1.56 bits per heavy atom. The van der Waals surface area contributed by atoms with Crippen molar-refractivity contribution < 1.29 is 22.9 Å². The number of hydrogen-bond acceptors (Lipinski definition) is 4. The third kappa shape index (κ3) is 2.26. The maximum atomic E-state index is 9.75. The molecule has 0 unspecified atom stereocenters. The summed E-state index contributed by atoms with van der Waals surface area (Å²) in [7, 11) is -4.79. The monoisotopic (exact) mass is 156 g/mol. The maximum absolute atomic E-state index is 9.75. The van der Waals surface area contributed by atoms with E-state index in [0.29, 0.717) is 0 Å². The highest BCUT2D eigenvalue weighted by Gasteiger charge is 2.19. The Morgan fingerprint density at radius 3 is 1.89 bits per heavy atom.